The summed E-state index contributed by atoms with van der Waals surface area (Å²) in [5, 5.41) is 35.3. The van der Waals surface area contributed by atoms with Crippen LogP contribution in [0.2, 0.25) is 10.6 Å². The van der Waals surface area contributed by atoms with E-state index in [1.54, 1.807) is 0 Å². The second-order valence-electron chi connectivity index (χ2n) is 17.4. The van der Waals surface area contributed by atoms with Crippen LogP contribution in [0.15, 0.2) is 48.5 Å². The molecule has 0 amide bonds. The van der Waals surface area contributed by atoms with Crippen molar-refractivity contribution in [2.45, 2.75) is 105 Å². The molecule has 0 saturated heterocycles. The van der Waals surface area contributed by atoms with Crippen LogP contribution in [0.25, 0.3) is 0 Å². The smallest absolute Gasteiger partial charge is 0.233 e. The third-order valence-corrected chi connectivity index (χ3v) is 8.92. The summed E-state index contributed by atoms with van der Waals surface area (Å²) in [5.74, 6) is 1.44. The molecule has 54 heavy (non-hydrogen) atoms. The van der Waals surface area contributed by atoms with E-state index in [1.165, 1.54) is 0 Å². The van der Waals surface area contributed by atoms with Crippen LogP contribution in [-0.4, -0.2) is 40.1 Å². The number of phenolic OH excluding ortho intramolecular Hbond substituents is 2. The normalized spacial score (nSPS) is 12.4. The highest BCUT2D eigenvalue weighted by Crippen LogP contribution is 2.44. The highest BCUT2D eigenvalue weighted by Gasteiger charge is 2.29. The van der Waals surface area contributed by atoms with E-state index in [0.717, 1.165) is 22.3 Å². The lowest BCUT2D eigenvalue weighted by atomic mass is 9.78. The molecular formula is C40H50Cl2N10O2. The lowest BCUT2D eigenvalue weighted by Crippen LogP contribution is -2.19. The van der Waals surface area contributed by atoms with Gasteiger partial charge in [0.05, 0.1) is 0 Å². The van der Waals surface area contributed by atoms with Gasteiger partial charge < -0.3 is 31.5 Å². The molecule has 0 aliphatic carbocycles. The molecule has 2 aromatic heterocycles. The Morgan fingerprint density at radius 2 is 0.796 bits per heavy atom. The van der Waals surface area contributed by atoms with Gasteiger partial charge in [-0.15, -0.1) is 0 Å². The number of hydrogen-bond donors (Lipinski definition) is 6. The second kappa shape index (κ2) is 14.7. The molecule has 0 atom stereocenters. The first-order chi connectivity index (χ1) is 24.9. The number of benzene rings is 3. The third kappa shape index (κ3) is 9.58. The Morgan fingerprint density at radius 3 is 1.17 bits per heavy atom. The van der Waals surface area contributed by atoms with Crippen LogP contribution >= 0.6 is 23.2 Å². The van der Waals surface area contributed by atoms with Crippen LogP contribution in [0.3, 0.4) is 0 Å². The molecule has 0 spiro atoms. The van der Waals surface area contributed by atoms with Gasteiger partial charge in [-0.1, -0.05) is 89.2 Å². The van der Waals surface area contributed by atoms with Gasteiger partial charge in [0.2, 0.25) is 34.4 Å². The molecular weight excluding hydrogens is 723 g/mol. The summed E-state index contributed by atoms with van der Waals surface area (Å²) in [6.45, 7) is 24.6. The number of anilines is 8. The van der Waals surface area contributed by atoms with E-state index in [9.17, 15) is 10.2 Å². The fourth-order valence-electron chi connectivity index (χ4n) is 5.98. The van der Waals surface area contributed by atoms with Crippen molar-refractivity contribution < 1.29 is 10.2 Å². The Hall–Kier alpha value is -4.94. The van der Waals surface area contributed by atoms with Gasteiger partial charge in [0.15, 0.2) is 0 Å². The van der Waals surface area contributed by atoms with E-state index in [1.807, 2.05) is 69.3 Å². The molecule has 12 nitrogen and oxygen atoms in total. The monoisotopic (exact) mass is 772 g/mol. The number of phenols is 2. The van der Waals surface area contributed by atoms with Crippen LogP contribution in [0, 0.1) is 0 Å². The maximum Gasteiger partial charge on any atom is 0.233 e. The Morgan fingerprint density at radius 1 is 0.426 bits per heavy atom. The van der Waals surface area contributed by atoms with E-state index in [-0.39, 0.29) is 67.5 Å². The first kappa shape index (κ1) is 40.2. The Bertz CT molecular complexity index is 2130. The quantitative estimate of drug-likeness (QED) is 0.0828. The first-order valence-electron chi connectivity index (χ1n) is 17.6. The third-order valence-electron chi connectivity index (χ3n) is 8.58. The molecule has 0 radical (unpaired) electrons. The first-order valence-corrected chi connectivity index (χ1v) is 18.4. The van der Waals surface area contributed by atoms with E-state index >= 15 is 0 Å². The van der Waals surface area contributed by atoms with Gasteiger partial charge in [0.1, 0.15) is 11.5 Å². The fraction of sp³-hybridized carbons (Fsp3) is 0.400. The van der Waals surface area contributed by atoms with Gasteiger partial charge in [0.25, 0.3) is 0 Å². The van der Waals surface area contributed by atoms with Gasteiger partial charge in [-0.05, 0) is 92.9 Å². The lowest BCUT2D eigenvalue weighted by molar-refractivity contribution is 0.423. The summed E-state index contributed by atoms with van der Waals surface area (Å²) >= 11 is 12.7. The van der Waals surface area contributed by atoms with Crippen molar-refractivity contribution in [2.75, 3.05) is 21.3 Å². The van der Waals surface area contributed by atoms with Crippen LogP contribution in [-0.2, 0) is 21.7 Å². The zero-order chi connectivity index (χ0) is 40.0. The molecule has 0 aliphatic rings. The van der Waals surface area contributed by atoms with E-state index in [4.69, 9.17) is 23.2 Å². The lowest BCUT2D eigenvalue weighted by Gasteiger charge is -2.29. The Balaban J connectivity index is 1.33. The van der Waals surface area contributed by atoms with Gasteiger partial charge in [-0.25, -0.2) is 0 Å². The predicted octanol–water partition coefficient (Wildman–Crippen LogP) is 10.9. The molecule has 6 N–H and O–H groups in total. The van der Waals surface area contributed by atoms with E-state index < -0.39 is 0 Å². The molecule has 286 valence electrons. The summed E-state index contributed by atoms with van der Waals surface area (Å²) in [5.41, 5.74) is 4.72. The van der Waals surface area contributed by atoms with Crippen LogP contribution < -0.4 is 21.3 Å². The average molecular weight is 774 g/mol. The maximum atomic E-state index is 11.3. The van der Waals surface area contributed by atoms with Crippen molar-refractivity contribution >= 4 is 69.7 Å². The topological polar surface area (TPSA) is 166 Å². The number of rotatable bonds is 8. The zero-order valence-electron chi connectivity index (χ0n) is 33.0. The fourth-order valence-corrected chi connectivity index (χ4v) is 6.30. The van der Waals surface area contributed by atoms with Crippen molar-refractivity contribution in [3.8, 4) is 11.5 Å². The number of nitrogens with one attached hydrogen (secondary N) is 4. The molecule has 3 aromatic carbocycles. The molecule has 0 saturated carbocycles. The number of aromatic hydroxyl groups is 2. The minimum atomic E-state index is -0.384. The molecule has 0 bridgehead atoms. The Labute approximate surface area is 327 Å². The molecule has 0 aliphatic heterocycles. The van der Waals surface area contributed by atoms with Crippen molar-refractivity contribution in [1.82, 2.24) is 29.9 Å². The maximum absolute atomic E-state index is 11.3. The number of nitrogens with zero attached hydrogens (tertiary/aromatic N) is 6. The summed E-state index contributed by atoms with van der Waals surface area (Å²) in [4.78, 5) is 26.2. The molecule has 0 fully saturated rings. The average Bonchev–Trinajstić information content (AvgIpc) is 3.00. The highest BCUT2D eigenvalue weighted by atomic mass is 35.5. The van der Waals surface area contributed by atoms with Gasteiger partial charge in [0, 0.05) is 39.4 Å². The summed E-state index contributed by atoms with van der Waals surface area (Å²) < 4.78 is 0. The molecule has 2 heterocycles. The highest BCUT2D eigenvalue weighted by molar-refractivity contribution is 6.28. The van der Waals surface area contributed by atoms with Crippen molar-refractivity contribution in [3.63, 3.8) is 0 Å². The van der Waals surface area contributed by atoms with Crippen molar-refractivity contribution in [1.29, 1.82) is 0 Å². The predicted molar refractivity (Wildman–Crippen MR) is 220 cm³/mol. The molecule has 5 rings (SSSR count). The zero-order valence-corrected chi connectivity index (χ0v) is 34.5. The summed E-state index contributed by atoms with van der Waals surface area (Å²) in [7, 11) is 0. The second-order valence-corrected chi connectivity index (χ2v) is 18.1. The standard InChI is InChI=1S/C40H50Cl2N10O2/c1-37(2,3)24-17-18-27(28(30(24)54)40(10,11)12)46-36-50-32(42)48-34(52-36)44-22-15-13-21(14-16-22)43-33-47-31(41)49-35(51-33)45-23-19-25(38(4,5)6)29(53)26(20-23)39(7,8)9/h13-20,53-54H,1-12H3,(H2,43,45,47,49,51)(H2,44,46,48,50,52). The molecule has 14 heteroatoms. The SMILES string of the molecule is CC(C)(C)c1cc(Nc2nc(Cl)nc(Nc3ccc(Nc4nc(Cl)nc(Nc5ccc(C(C)(C)C)c(O)c5C(C)(C)C)n4)cc3)n2)cc(C(C)(C)C)c1O. The molecule has 0 unspecified atom stereocenters. The van der Waals surface area contributed by atoms with Crippen LogP contribution in [0.1, 0.15) is 105 Å². The van der Waals surface area contributed by atoms with Crippen molar-refractivity contribution in [2.24, 2.45) is 0 Å². The summed E-state index contributed by atoms with van der Waals surface area (Å²) in [6, 6.07) is 15.0. The van der Waals surface area contributed by atoms with E-state index in [2.05, 4.69) is 113 Å². The number of aromatic nitrogens is 6. The Kier molecular flexibility index (Phi) is 11.0. The summed E-state index contributed by atoms with van der Waals surface area (Å²) in [6.07, 6.45) is 0. The van der Waals surface area contributed by atoms with E-state index in [0.29, 0.717) is 22.7 Å². The van der Waals surface area contributed by atoms with Crippen LogP contribution in [0.5, 0.6) is 11.5 Å². The van der Waals surface area contributed by atoms with Crippen LogP contribution in [0.4, 0.5) is 46.5 Å². The minimum Gasteiger partial charge on any atom is -0.507 e. The van der Waals surface area contributed by atoms with Crippen molar-refractivity contribution in [3.05, 3.63) is 81.4 Å². The van der Waals surface area contributed by atoms with Gasteiger partial charge in [-0.3, -0.25) is 0 Å². The van der Waals surface area contributed by atoms with Gasteiger partial charge >= 0.3 is 0 Å². The number of hydrogen-bond acceptors (Lipinski definition) is 12. The largest absolute Gasteiger partial charge is 0.507 e. The van der Waals surface area contributed by atoms with Gasteiger partial charge in [-0.2, -0.15) is 29.9 Å². The number of halogens is 2. The molecule has 5 aromatic rings. The minimum absolute atomic E-state index is 0.00487.